The first-order chi connectivity index (χ1) is 16.2. The zero-order chi connectivity index (χ0) is 24.0. The standard InChI is InChI=1S/C24H32N4O5S/c1-26(2)13-19-14-28(34(30,31)20-12-25-27(3)15-20)21-9-17(5-7-22(21)32-19)11-24(29)33-23-10-16-4-6-18(23)8-16/h5,7,9,12,15-16,18-19,23H,4,6,8,10-11,13-14H2,1-3H3/t16?,18?,19-,23-/m0/s1. The molecular weight excluding hydrogens is 456 g/mol. The molecule has 2 saturated carbocycles. The monoisotopic (exact) mass is 488 g/mol. The Labute approximate surface area is 200 Å². The molecule has 2 heterocycles. The van der Waals surface area contributed by atoms with Crippen molar-refractivity contribution in [3.63, 3.8) is 0 Å². The van der Waals surface area contributed by atoms with E-state index in [4.69, 9.17) is 9.47 Å². The molecule has 0 radical (unpaired) electrons. The van der Waals surface area contributed by atoms with E-state index in [1.807, 2.05) is 25.1 Å². The maximum Gasteiger partial charge on any atom is 0.310 e. The molecule has 1 aliphatic heterocycles. The predicted octanol–water partition coefficient (Wildman–Crippen LogP) is 2.21. The van der Waals surface area contributed by atoms with Crippen molar-refractivity contribution in [3.05, 3.63) is 36.2 Å². The Kier molecular flexibility index (Phi) is 6.05. The molecular formula is C24H32N4O5S. The zero-order valence-electron chi connectivity index (χ0n) is 19.9. The minimum atomic E-state index is -3.86. The van der Waals surface area contributed by atoms with Crippen LogP contribution in [0.1, 0.15) is 31.2 Å². The number of hydrogen-bond acceptors (Lipinski definition) is 7. The summed E-state index contributed by atoms with van der Waals surface area (Å²) in [5, 5.41) is 4.03. The number of fused-ring (bicyclic) bond motifs is 3. The summed E-state index contributed by atoms with van der Waals surface area (Å²) in [5.41, 5.74) is 1.14. The van der Waals surface area contributed by atoms with Crippen molar-refractivity contribution in [3.8, 4) is 5.75 Å². The SMILES string of the molecule is CN(C)C[C@H]1CN(S(=O)(=O)c2cnn(C)c2)c2cc(CC(=O)O[C@H]3CC4CCC3C4)ccc2O1. The molecule has 1 aromatic heterocycles. The number of likely N-dealkylation sites (N-methyl/N-ethyl adjacent to an activating group) is 1. The summed E-state index contributed by atoms with van der Waals surface area (Å²) in [4.78, 5) is 14.8. The summed E-state index contributed by atoms with van der Waals surface area (Å²) in [6, 6.07) is 5.30. The fraction of sp³-hybridized carbons (Fsp3) is 0.583. The number of esters is 1. The molecule has 5 rings (SSSR count). The van der Waals surface area contributed by atoms with Gasteiger partial charge in [0.05, 0.1) is 24.8 Å². The van der Waals surface area contributed by atoms with Gasteiger partial charge in [0.15, 0.2) is 0 Å². The lowest BCUT2D eigenvalue weighted by atomic mass is 9.98. The Balaban J connectivity index is 1.39. The number of hydrogen-bond donors (Lipinski definition) is 0. The van der Waals surface area contributed by atoms with E-state index < -0.39 is 10.0 Å². The molecule has 2 bridgehead atoms. The number of carbonyl (C=O) groups excluding carboxylic acids is 1. The van der Waals surface area contributed by atoms with E-state index in [1.54, 1.807) is 19.2 Å². The average Bonchev–Trinajstić information content (AvgIpc) is 3.50. The Morgan fingerprint density at radius 3 is 2.74 bits per heavy atom. The van der Waals surface area contributed by atoms with E-state index in [1.165, 1.54) is 34.2 Å². The topological polar surface area (TPSA) is 94.0 Å². The van der Waals surface area contributed by atoms with Crippen LogP contribution in [0.15, 0.2) is 35.5 Å². The number of rotatable bonds is 7. The number of carbonyl (C=O) groups is 1. The molecule has 0 amide bonds. The van der Waals surface area contributed by atoms with E-state index in [0.717, 1.165) is 12.8 Å². The maximum absolute atomic E-state index is 13.5. The molecule has 2 aliphatic carbocycles. The molecule has 0 spiro atoms. The van der Waals surface area contributed by atoms with Crippen LogP contribution in [0, 0.1) is 11.8 Å². The maximum atomic E-state index is 13.5. The van der Waals surface area contributed by atoms with Gasteiger partial charge in [0.25, 0.3) is 10.0 Å². The lowest BCUT2D eigenvalue weighted by Crippen LogP contribution is -2.47. The van der Waals surface area contributed by atoms with E-state index in [9.17, 15) is 13.2 Å². The van der Waals surface area contributed by atoms with Crippen LogP contribution >= 0.6 is 0 Å². The molecule has 34 heavy (non-hydrogen) atoms. The van der Waals surface area contributed by atoms with Crippen LogP contribution in [-0.4, -0.2) is 68.5 Å². The van der Waals surface area contributed by atoms with Crippen LogP contribution in [0.3, 0.4) is 0 Å². The Morgan fingerprint density at radius 1 is 1.26 bits per heavy atom. The average molecular weight is 489 g/mol. The molecule has 2 aromatic rings. The first kappa shape index (κ1) is 23.2. The highest BCUT2D eigenvalue weighted by Crippen LogP contribution is 2.46. The molecule has 184 valence electrons. The fourth-order valence-corrected chi connectivity index (χ4v) is 7.05. The second-order valence-electron chi connectivity index (χ2n) is 10.1. The molecule has 9 nitrogen and oxygen atoms in total. The lowest BCUT2D eigenvalue weighted by Gasteiger charge is -2.36. The Bertz CT molecular complexity index is 1180. The van der Waals surface area contributed by atoms with Crippen LogP contribution in [0.5, 0.6) is 5.75 Å². The van der Waals surface area contributed by atoms with Crippen molar-refractivity contribution < 1.29 is 22.7 Å². The largest absolute Gasteiger partial charge is 0.485 e. The van der Waals surface area contributed by atoms with Gasteiger partial charge in [0.2, 0.25) is 0 Å². The normalized spacial score (nSPS) is 25.9. The fourth-order valence-electron chi connectivity index (χ4n) is 5.56. The Morgan fingerprint density at radius 2 is 2.09 bits per heavy atom. The van der Waals surface area contributed by atoms with E-state index >= 15 is 0 Å². The number of anilines is 1. The van der Waals surface area contributed by atoms with Gasteiger partial charge in [-0.2, -0.15) is 5.10 Å². The highest BCUT2D eigenvalue weighted by molar-refractivity contribution is 7.92. The summed E-state index contributed by atoms with van der Waals surface area (Å²) < 4.78 is 41.9. The number of aryl methyl sites for hydroxylation is 1. The third-order valence-corrected chi connectivity index (χ3v) is 8.83. The minimum Gasteiger partial charge on any atom is -0.485 e. The number of benzene rings is 1. The first-order valence-corrected chi connectivity index (χ1v) is 13.3. The van der Waals surface area contributed by atoms with Gasteiger partial charge >= 0.3 is 5.97 Å². The molecule has 2 unspecified atom stereocenters. The molecule has 10 heteroatoms. The van der Waals surface area contributed by atoms with Crippen molar-refractivity contribution >= 4 is 21.7 Å². The zero-order valence-corrected chi connectivity index (χ0v) is 20.7. The van der Waals surface area contributed by atoms with Gasteiger partial charge in [-0.05, 0) is 69.3 Å². The van der Waals surface area contributed by atoms with E-state index in [-0.39, 0.29) is 36.0 Å². The number of nitrogens with zero attached hydrogens (tertiary/aromatic N) is 4. The van der Waals surface area contributed by atoms with Crippen LogP contribution < -0.4 is 9.04 Å². The van der Waals surface area contributed by atoms with E-state index in [0.29, 0.717) is 35.4 Å². The molecule has 2 fully saturated rings. The molecule has 4 atom stereocenters. The van der Waals surface area contributed by atoms with Crippen LogP contribution in [0.4, 0.5) is 5.69 Å². The molecule has 1 aromatic carbocycles. The van der Waals surface area contributed by atoms with Crippen molar-refractivity contribution in [2.75, 3.05) is 31.5 Å². The quantitative estimate of drug-likeness (QED) is 0.552. The summed E-state index contributed by atoms with van der Waals surface area (Å²) in [7, 11) is 1.66. The van der Waals surface area contributed by atoms with Gasteiger partial charge in [-0.25, -0.2) is 8.42 Å². The van der Waals surface area contributed by atoms with E-state index in [2.05, 4.69) is 5.10 Å². The van der Waals surface area contributed by atoms with Crippen LogP contribution in [-0.2, 0) is 33.0 Å². The smallest absolute Gasteiger partial charge is 0.310 e. The molecule has 0 N–H and O–H groups in total. The van der Waals surface area contributed by atoms with Gasteiger partial charge in [-0.1, -0.05) is 6.07 Å². The van der Waals surface area contributed by atoms with Crippen LogP contribution in [0.25, 0.3) is 0 Å². The number of sulfonamides is 1. The van der Waals surface area contributed by atoms with Crippen molar-refractivity contribution in [1.29, 1.82) is 0 Å². The highest BCUT2D eigenvalue weighted by Gasteiger charge is 2.42. The number of aromatic nitrogens is 2. The van der Waals surface area contributed by atoms with Crippen molar-refractivity contribution in [2.45, 2.75) is 49.2 Å². The summed E-state index contributed by atoms with van der Waals surface area (Å²) in [6.07, 6.45) is 7.17. The summed E-state index contributed by atoms with van der Waals surface area (Å²) >= 11 is 0. The van der Waals surface area contributed by atoms with Crippen molar-refractivity contribution in [1.82, 2.24) is 14.7 Å². The third kappa shape index (κ3) is 4.53. The van der Waals surface area contributed by atoms with Gasteiger partial charge < -0.3 is 14.4 Å². The first-order valence-electron chi connectivity index (χ1n) is 11.8. The van der Waals surface area contributed by atoms with Gasteiger partial charge in [-0.3, -0.25) is 13.8 Å². The predicted molar refractivity (Wildman–Crippen MR) is 126 cm³/mol. The van der Waals surface area contributed by atoms with Gasteiger partial charge in [-0.15, -0.1) is 0 Å². The Hall–Kier alpha value is -2.59. The molecule has 0 saturated heterocycles. The van der Waals surface area contributed by atoms with Crippen LogP contribution in [0.2, 0.25) is 0 Å². The second kappa shape index (κ2) is 8.88. The highest BCUT2D eigenvalue weighted by atomic mass is 32.2. The second-order valence-corrected chi connectivity index (χ2v) is 11.9. The van der Waals surface area contributed by atoms with Gasteiger partial charge in [0, 0.05) is 19.8 Å². The van der Waals surface area contributed by atoms with Gasteiger partial charge in [0.1, 0.15) is 22.9 Å². The summed E-state index contributed by atoms with van der Waals surface area (Å²) in [5.74, 6) is 1.42. The lowest BCUT2D eigenvalue weighted by molar-refractivity contribution is -0.150. The summed E-state index contributed by atoms with van der Waals surface area (Å²) in [6.45, 7) is 0.734. The van der Waals surface area contributed by atoms with Crippen molar-refractivity contribution in [2.24, 2.45) is 18.9 Å². The molecule has 3 aliphatic rings. The third-order valence-electron chi connectivity index (χ3n) is 7.10. The number of ether oxygens (including phenoxy) is 2. The minimum absolute atomic E-state index is 0.0291.